The van der Waals surface area contributed by atoms with Crippen LogP contribution >= 0.6 is 0 Å². The van der Waals surface area contributed by atoms with Gasteiger partial charge < -0.3 is 37.9 Å². The Morgan fingerprint density at radius 1 is 0.381 bits per heavy atom. The van der Waals surface area contributed by atoms with Crippen molar-refractivity contribution in [3.63, 3.8) is 0 Å². The van der Waals surface area contributed by atoms with Crippen molar-refractivity contribution in [3.8, 4) is 34.5 Å². The van der Waals surface area contributed by atoms with Gasteiger partial charge in [-0.3, -0.25) is 9.59 Å². The summed E-state index contributed by atoms with van der Waals surface area (Å²) in [4.78, 5) is 73.6. The summed E-state index contributed by atoms with van der Waals surface area (Å²) in [7, 11) is 0. The lowest BCUT2D eigenvalue weighted by Crippen LogP contribution is -2.11. The van der Waals surface area contributed by atoms with E-state index in [4.69, 9.17) is 37.9 Å². The molecule has 0 spiro atoms. The summed E-state index contributed by atoms with van der Waals surface area (Å²) in [6, 6.07) is 29.3. The zero-order valence-electron chi connectivity index (χ0n) is 35.3. The summed E-state index contributed by atoms with van der Waals surface area (Å²) < 4.78 is 43.5. The Labute approximate surface area is 364 Å². The van der Waals surface area contributed by atoms with Gasteiger partial charge in [0, 0.05) is 12.8 Å². The highest BCUT2D eigenvalue weighted by molar-refractivity contribution is 5.94. The highest BCUT2D eigenvalue weighted by Crippen LogP contribution is 2.26. The maximum atomic E-state index is 12.9. The van der Waals surface area contributed by atoms with Crippen LogP contribution in [0.1, 0.15) is 99.4 Å². The van der Waals surface area contributed by atoms with Gasteiger partial charge in [0.15, 0.2) is 0 Å². The molecule has 0 saturated carbocycles. The molecular formula is C49H48O14. The second-order valence-electron chi connectivity index (χ2n) is 13.8. The van der Waals surface area contributed by atoms with Crippen LogP contribution in [-0.2, 0) is 19.1 Å². The van der Waals surface area contributed by atoms with Crippen molar-refractivity contribution in [2.45, 2.75) is 59.3 Å². The molecule has 0 aliphatic heterocycles. The quantitative estimate of drug-likeness (QED) is 0.0366. The predicted molar refractivity (Wildman–Crippen MR) is 229 cm³/mol. The highest BCUT2D eigenvalue weighted by Gasteiger charge is 2.16. The van der Waals surface area contributed by atoms with Crippen LogP contribution < -0.4 is 28.4 Å². The molecule has 14 nitrogen and oxygen atoms in total. The van der Waals surface area contributed by atoms with Gasteiger partial charge in [-0.1, -0.05) is 13.8 Å². The van der Waals surface area contributed by atoms with Crippen molar-refractivity contribution in [2.75, 3.05) is 26.4 Å². The van der Waals surface area contributed by atoms with E-state index in [2.05, 4.69) is 0 Å². The predicted octanol–water partition coefficient (Wildman–Crippen LogP) is 9.10. The van der Waals surface area contributed by atoms with E-state index in [0.717, 1.165) is 0 Å². The SMILES string of the molecule is CCC(=O)OCCCCOc1ccc(C(=O)Oc2ccc(C(=O)Oc3ccc(OC(=O)c4ccc(OC(=O)c5ccc(OCCCCOC(=O)CC)cc5)cc4)c(C)c3)cc2)cc1. The average Bonchev–Trinajstić information content (AvgIpc) is 3.30. The molecule has 5 rings (SSSR count). The molecule has 0 amide bonds. The van der Waals surface area contributed by atoms with E-state index in [0.29, 0.717) is 93.1 Å². The van der Waals surface area contributed by atoms with Crippen LogP contribution in [0.3, 0.4) is 0 Å². The summed E-state index contributed by atoms with van der Waals surface area (Å²) in [5.74, 6) is -0.860. The molecule has 0 aliphatic carbocycles. The highest BCUT2D eigenvalue weighted by atomic mass is 16.6. The van der Waals surface area contributed by atoms with Gasteiger partial charge in [-0.15, -0.1) is 0 Å². The molecule has 328 valence electrons. The summed E-state index contributed by atoms with van der Waals surface area (Å²) in [6.45, 7) is 6.75. The molecule has 0 N–H and O–H groups in total. The van der Waals surface area contributed by atoms with E-state index in [9.17, 15) is 28.8 Å². The van der Waals surface area contributed by atoms with Crippen LogP contribution in [0.4, 0.5) is 0 Å². The number of hydrogen-bond donors (Lipinski definition) is 0. The van der Waals surface area contributed by atoms with Crippen LogP contribution in [0, 0.1) is 6.92 Å². The van der Waals surface area contributed by atoms with Crippen LogP contribution in [0.5, 0.6) is 34.5 Å². The number of rotatable bonds is 22. The van der Waals surface area contributed by atoms with E-state index >= 15 is 0 Å². The topological polar surface area (TPSA) is 176 Å². The van der Waals surface area contributed by atoms with E-state index in [-0.39, 0.29) is 46.1 Å². The van der Waals surface area contributed by atoms with Crippen LogP contribution in [0.2, 0.25) is 0 Å². The van der Waals surface area contributed by atoms with Gasteiger partial charge in [0.2, 0.25) is 0 Å². The molecule has 0 saturated heterocycles. The first-order valence-electron chi connectivity index (χ1n) is 20.5. The first-order valence-corrected chi connectivity index (χ1v) is 20.5. The van der Waals surface area contributed by atoms with Gasteiger partial charge in [0.1, 0.15) is 34.5 Å². The van der Waals surface area contributed by atoms with E-state index in [1.807, 2.05) is 0 Å². The molecule has 63 heavy (non-hydrogen) atoms. The molecule has 0 fully saturated rings. The third-order valence-corrected chi connectivity index (χ3v) is 9.06. The zero-order valence-corrected chi connectivity index (χ0v) is 35.3. The first-order chi connectivity index (χ1) is 30.5. The Morgan fingerprint density at radius 3 is 1.06 bits per heavy atom. The Bertz CT molecular complexity index is 2320. The van der Waals surface area contributed by atoms with E-state index in [1.54, 1.807) is 75.4 Å². The molecule has 0 radical (unpaired) electrons. The second kappa shape index (κ2) is 24.1. The van der Waals surface area contributed by atoms with E-state index in [1.165, 1.54) is 60.7 Å². The maximum Gasteiger partial charge on any atom is 0.343 e. The monoisotopic (exact) mass is 860 g/mol. The lowest BCUT2D eigenvalue weighted by molar-refractivity contribution is -0.144. The number of benzene rings is 5. The minimum Gasteiger partial charge on any atom is -0.494 e. The number of ether oxygens (including phenoxy) is 8. The fraction of sp³-hybridized carbons (Fsp3) is 0.265. The summed E-state index contributed by atoms with van der Waals surface area (Å²) >= 11 is 0. The van der Waals surface area contributed by atoms with Gasteiger partial charge in [-0.2, -0.15) is 0 Å². The van der Waals surface area contributed by atoms with Gasteiger partial charge in [-0.05, 0) is 153 Å². The molecule has 0 heterocycles. The fourth-order valence-corrected chi connectivity index (χ4v) is 5.51. The van der Waals surface area contributed by atoms with Crippen molar-refractivity contribution in [1.29, 1.82) is 0 Å². The number of hydrogen-bond acceptors (Lipinski definition) is 14. The third-order valence-electron chi connectivity index (χ3n) is 9.06. The molecule has 0 unspecified atom stereocenters. The first kappa shape index (κ1) is 46.6. The van der Waals surface area contributed by atoms with Crippen molar-refractivity contribution in [1.82, 2.24) is 0 Å². The van der Waals surface area contributed by atoms with Crippen LogP contribution in [0.15, 0.2) is 115 Å². The molecule has 0 aliphatic rings. The van der Waals surface area contributed by atoms with Crippen LogP contribution in [-0.4, -0.2) is 62.2 Å². The van der Waals surface area contributed by atoms with Crippen molar-refractivity contribution in [2.24, 2.45) is 0 Å². The van der Waals surface area contributed by atoms with Gasteiger partial charge >= 0.3 is 35.8 Å². The molecule has 0 atom stereocenters. The molecule has 0 bridgehead atoms. The normalized spacial score (nSPS) is 10.5. The van der Waals surface area contributed by atoms with Gasteiger partial charge in [0.25, 0.3) is 0 Å². The van der Waals surface area contributed by atoms with Crippen molar-refractivity contribution < 1.29 is 66.7 Å². The Kier molecular flexibility index (Phi) is 17.8. The minimum atomic E-state index is -0.655. The third kappa shape index (κ3) is 15.2. The molecular weight excluding hydrogens is 813 g/mol. The van der Waals surface area contributed by atoms with Gasteiger partial charge in [-0.25, -0.2) is 19.2 Å². The minimum absolute atomic E-state index is 0.210. The molecule has 14 heteroatoms. The van der Waals surface area contributed by atoms with Crippen molar-refractivity contribution >= 4 is 35.8 Å². The average molecular weight is 861 g/mol. The lowest BCUT2D eigenvalue weighted by atomic mass is 10.2. The molecule has 5 aromatic rings. The maximum absolute atomic E-state index is 12.9. The number of unbranched alkanes of at least 4 members (excludes halogenated alkanes) is 2. The fourth-order valence-electron chi connectivity index (χ4n) is 5.51. The Morgan fingerprint density at radius 2 is 0.698 bits per heavy atom. The largest absolute Gasteiger partial charge is 0.494 e. The number of aryl methyl sites for hydroxylation is 1. The number of carbonyl (C=O) groups is 6. The van der Waals surface area contributed by atoms with Gasteiger partial charge in [0.05, 0.1) is 48.7 Å². The zero-order chi connectivity index (χ0) is 45.0. The lowest BCUT2D eigenvalue weighted by Gasteiger charge is -2.11. The second-order valence-corrected chi connectivity index (χ2v) is 13.8. The Hall–Kier alpha value is -7.48. The van der Waals surface area contributed by atoms with Crippen LogP contribution in [0.25, 0.3) is 0 Å². The summed E-state index contributed by atoms with van der Waals surface area (Å²) in [6.07, 6.45) is 3.47. The summed E-state index contributed by atoms with van der Waals surface area (Å²) in [5.41, 5.74) is 1.56. The smallest absolute Gasteiger partial charge is 0.343 e. The standard InChI is InChI=1S/C49H48O14/c1-4-44(50)58-30-8-6-28-56-38-18-10-34(11-19-38)46(52)60-40-22-14-36(15-23-40)48(54)62-42-26-27-43(33(3)32-42)63-49(55)37-16-24-41(25-17-37)61-47(53)35-12-20-39(21-13-35)57-29-7-9-31-59-45(51)5-2/h10-27,32H,4-9,28-31H2,1-3H3. The van der Waals surface area contributed by atoms with Crippen molar-refractivity contribution in [3.05, 3.63) is 143 Å². The Balaban J connectivity index is 1.02. The number of esters is 6. The molecule has 0 aromatic heterocycles. The van der Waals surface area contributed by atoms with E-state index < -0.39 is 23.9 Å². The number of carbonyl (C=O) groups excluding carboxylic acids is 6. The molecule has 5 aromatic carbocycles. The summed E-state index contributed by atoms with van der Waals surface area (Å²) in [5, 5.41) is 0.